The number of phenolic OH excluding ortho intramolecular Hbond substituents is 1. The fourth-order valence-electron chi connectivity index (χ4n) is 4.42. The molecule has 31 heavy (non-hydrogen) atoms. The molecular formula is C23H38IN5O2. The Labute approximate surface area is 203 Å². The largest absolute Gasteiger partial charge is 0.508 e. The van der Waals surface area contributed by atoms with Crippen molar-refractivity contribution >= 4 is 35.8 Å². The molecule has 174 valence electrons. The number of benzene rings is 1. The van der Waals surface area contributed by atoms with Crippen molar-refractivity contribution < 1.29 is 9.90 Å². The first-order chi connectivity index (χ1) is 14.7. The molecule has 2 aliphatic rings. The highest BCUT2D eigenvalue weighted by Gasteiger charge is 2.26. The number of hydrogen-bond donors (Lipinski definition) is 4. The third-order valence-electron chi connectivity index (χ3n) is 6.10. The summed E-state index contributed by atoms with van der Waals surface area (Å²) in [5.74, 6) is 0.827. The number of piperidine rings is 1. The van der Waals surface area contributed by atoms with Gasteiger partial charge in [0.15, 0.2) is 5.96 Å². The topological polar surface area (TPSA) is 89.0 Å². The Morgan fingerprint density at radius 3 is 2.39 bits per heavy atom. The SMILES string of the molecule is CCNC(=NCCNC(=O)c1ccc(O)cc1)NC1CCN(C2CCCCC2)CC1.I. The van der Waals surface area contributed by atoms with Crippen molar-refractivity contribution in [2.75, 3.05) is 32.7 Å². The molecule has 1 heterocycles. The average Bonchev–Trinajstić information content (AvgIpc) is 2.78. The monoisotopic (exact) mass is 543 g/mol. The number of nitrogens with one attached hydrogen (secondary N) is 3. The third kappa shape index (κ3) is 8.48. The Bertz CT molecular complexity index is 684. The molecule has 0 spiro atoms. The number of halogens is 1. The van der Waals surface area contributed by atoms with Crippen LogP contribution >= 0.6 is 24.0 Å². The number of likely N-dealkylation sites (tertiary alicyclic amines) is 1. The summed E-state index contributed by atoms with van der Waals surface area (Å²) in [5, 5.41) is 19.1. The van der Waals surface area contributed by atoms with E-state index in [1.54, 1.807) is 12.1 Å². The second-order valence-corrected chi connectivity index (χ2v) is 8.31. The van der Waals surface area contributed by atoms with Crippen LogP contribution in [0.1, 0.15) is 62.2 Å². The Kier molecular flexibility index (Phi) is 11.4. The molecule has 1 amide bonds. The van der Waals surface area contributed by atoms with Gasteiger partial charge < -0.3 is 26.0 Å². The summed E-state index contributed by atoms with van der Waals surface area (Å²) in [6.07, 6.45) is 9.24. The van der Waals surface area contributed by atoms with Gasteiger partial charge in [0.1, 0.15) is 5.75 Å². The molecule has 0 radical (unpaired) electrons. The van der Waals surface area contributed by atoms with Crippen molar-refractivity contribution in [3.05, 3.63) is 29.8 Å². The molecule has 1 aromatic rings. The number of carbonyl (C=O) groups excluding carboxylic acids is 1. The molecule has 8 heteroatoms. The minimum atomic E-state index is -0.154. The van der Waals surface area contributed by atoms with Crippen LogP contribution in [0, 0.1) is 0 Å². The molecule has 4 N–H and O–H groups in total. The molecule has 7 nitrogen and oxygen atoms in total. The van der Waals surface area contributed by atoms with E-state index < -0.39 is 0 Å². The van der Waals surface area contributed by atoms with Crippen LogP contribution in [0.5, 0.6) is 5.75 Å². The van der Waals surface area contributed by atoms with Crippen molar-refractivity contribution in [2.45, 2.75) is 64.0 Å². The van der Waals surface area contributed by atoms with Crippen molar-refractivity contribution in [2.24, 2.45) is 4.99 Å². The number of aromatic hydroxyl groups is 1. The van der Waals surface area contributed by atoms with Gasteiger partial charge in [0, 0.05) is 43.8 Å². The lowest BCUT2D eigenvalue weighted by Gasteiger charge is -2.39. The first kappa shape index (κ1) is 25.7. The van der Waals surface area contributed by atoms with E-state index in [1.165, 1.54) is 57.3 Å². The van der Waals surface area contributed by atoms with Gasteiger partial charge in [-0.25, -0.2) is 0 Å². The van der Waals surface area contributed by atoms with Gasteiger partial charge in [-0.2, -0.15) is 0 Å². The zero-order valence-electron chi connectivity index (χ0n) is 18.6. The number of nitrogens with zero attached hydrogens (tertiary/aromatic N) is 2. The van der Waals surface area contributed by atoms with Gasteiger partial charge in [-0.15, -0.1) is 24.0 Å². The van der Waals surface area contributed by atoms with E-state index in [0.717, 1.165) is 31.4 Å². The summed E-state index contributed by atoms with van der Waals surface area (Å²) in [4.78, 5) is 19.4. The standard InChI is InChI=1S/C23H37N5O2.HI/c1-2-24-23(26-15-14-25-22(30)18-8-10-21(29)11-9-18)27-19-12-16-28(17-13-19)20-6-4-3-5-7-20;/h8-11,19-20,29H,2-7,12-17H2,1H3,(H,25,30)(H2,24,26,27);1H. The number of amides is 1. The third-order valence-corrected chi connectivity index (χ3v) is 6.10. The molecule has 1 saturated heterocycles. The maximum Gasteiger partial charge on any atom is 0.251 e. The highest BCUT2D eigenvalue weighted by molar-refractivity contribution is 14.0. The minimum Gasteiger partial charge on any atom is -0.508 e. The summed E-state index contributed by atoms with van der Waals surface area (Å²) in [6.45, 7) is 6.20. The van der Waals surface area contributed by atoms with Gasteiger partial charge in [-0.05, 0) is 56.9 Å². The Morgan fingerprint density at radius 2 is 1.74 bits per heavy atom. The van der Waals surface area contributed by atoms with Crippen LogP contribution in [-0.4, -0.2) is 66.7 Å². The van der Waals surface area contributed by atoms with Crippen LogP contribution in [-0.2, 0) is 0 Å². The molecule has 1 aliphatic carbocycles. The highest BCUT2D eigenvalue weighted by atomic mass is 127. The summed E-state index contributed by atoms with van der Waals surface area (Å²) >= 11 is 0. The second-order valence-electron chi connectivity index (χ2n) is 8.31. The van der Waals surface area contributed by atoms with Gasteiger partial charge in [-0.1, -0.05) is 19.3 Å². The Balaban J connectivity index is 0.00000341. The molecular weight excluding hydrogens is 505 g/mol. The van der Waals surface area contributed by atoms with Gasteiger partial charge in [0.2, 0.25) is 0 Å². The van der Waals surface area contributed by atoms with E-state index in [-0.39, 0.29) is 35.6 Å². The van der Waals surface area contributed by atoms with E-state index in [2.05, 4.69) is 32.8 Å². The fraction of sp³-hybridized carbons (Fsp3) is 0.652. The summed E-state index contributed by atoms with van der Waals surface area (Å²) in [5.41, 5.74) is 0.534. The van der Waals surface area contributed by atoms with E-state index in [9.17, 15) is 9.90 Å². The lowest BCUT2D eigenvalue weighted by molar-refractivity contribution is 0.0954. The van der Waals surface area contributed by atoms with Crippen LogP contribution in [0.4, 0.5) is 0 Å². The van der Waals surface area contributed by atoms with Gasteiger partial charge in [0.25, 0.3) is 5.91 Å². The predicted molar refractivity (Wildman–Crippen MR) is 136 cm³/mol. The van der Waals surface area contributed by atoms with Crippen molar-refractivity contribution in [3.8, 4) is 5.75 Å². The highest BCUT2D eigenvalue weighted by Crippen LogP contribution is 2.25. The quantitative estimate of drug-likeness (QED) is 0.184. The summed E-state index contributed by atoms with van der Waals surface area (Å²) in [6, 6.07) is 7.51. The zero-order chi connectivity index (χ0) is 21.2. The smallest absolute Gasteiger partial charge is 0.251 e. The van der Waals surface area contributed by atoms with Crippen molar-refractivity contribution in [1.82, 2.24) is 20.9 Å². The number of guanidine groups is 1. The van der Waals surface area contributed by atoms with Crippen LogP contribution < -0.4 is 16.0 Å². The van der Waals surface area contributed by atoms with Crippen molar-refractivity contribution in [1.29, 1.82) is 0 Å². The lowest BCUT2D eigenvalue weighted by atomic mass is 9.92. The van der Waals surface area contributed by atoms with E-state index in [1.807, 2.05) is 0 Å². The van der Waals surface area contributed by atoms with Gasteiger partial charge in [0.05, 0.1) is 6.54 Å². The Hall–Kier alpha value is -1.55. The zero-order valence-corrected chi connectivity index (χ0v) is 20.9. The van der Waals surface area contributed by atoms with Crippen LogP contribution in [0.2, 0.25) is 0 Å². The molecule has 0 unspecified atom stereocenters. The maximum absolute atomic E-state index is 12.1. The second kappa shape index (κ2) is 13.8. The molecule has 3 rings (SSSR count). The molecule has 1 saturated carbocycles. The molecule has 0 bridgehead atoms. The minimum absolute atomic E-state index is 0. The van der Waals surface area contributed by atoms with E-state index in [0.29, 0.717) is 24.7 Å². The van der Waals surface area contributed by atoms with Crippen LogP contribution in [0.15, 0.2) is 29.3 Å². The Morgan fingerprint density at radius 1 is 1.06 bits per heavy atom. The van der Waals surface area contributed by atoms with E-state index in [4.69, 9.17) is 0 Å². The molecule has 0 aromatic heterocycles. The number of rotatable bonds is 7. The van der Waals surface area contributed by atoms with Crippen molar-refractivity contribution in [3.63, 3.8) is 0 Å². The predicted octanol–water partition coefficient (Wildman–Crippen LogP) is 3.09. The fourth-order valence-corrected chi connectivity index (χ4v) is 4.42. The normalized spacial score (nSPS) is 18.8. The summed E-state index contributed by atoms with van der Waals surface area (Å²) in [7, 11) is 0. The van der Waals surface area contributed by atoms with Crippen LogP contribution in [0.3, 0.4) is 0 Å². The molecule has 0 atom stereocenters. The maximum atomic E-state index is 12.1. The lowest BCUT2D eigenvalue weighted by Crippen LogP contribution is -2.51. The number of phenols is 1. The van der Waals surface area contributed by atoms with Crippen LogP contribution in [0.25, 0.3) is 0 Å². The molecule has 2 fully saturated rings. The number of carbonyl (C=O) groups is 1. The first-order valence-corrected chi connectivity index (χ1v) is 11.5. The van der Waals surface area contributed by atoms with Gasteiger partial charge in [-0.3, -0.25) is 9.79 Å². The molecule has 1 aliphatic heterocycles. The first-order valence-electron chi connectivity index (χ1n) is 11.5. The average molecular weight is 543 g/mol. The number of hydrogen-bond acceptors (Lipinski definition) is 4. The van der Waals surface area contributed by atoms with E-state index >= 15 is 0 Å². The van der Waals surface area contributed by atoms with Gasteiger partial charge >= 0.3 is 0 Å². The molecule has 1 aromatic carbocycles. The summed E-state index contributed by atoms with van der Waals surface area (Å²) < 4.78 is 0. The number of aliphatic imine (C=N–C) groups is 1.